The maximum absolute atomic E-state index is 11.4. The van der Waals surface area contributed by atoms with Crippen molar-refractivity contribution in [3.8, 4) is 5.75 Å². The lowest BCUT2D eigenvalue weighted by Crippen LogP contribution is -2.11. The van der Waals surface area contributed by atoms with Gasteiger partial charge in [0.25, 0.3) is 5.91 Å². The Balaban J connectivity index is 2.05. The normalized spacial score (nSPS) is 11.1. The third kappa shape index (κ3) is 3.00. The fourth-order valence-electron chi connectivity index (χ4n) is 2.14. The van der Waals surface area contributed by atoms with Gasteiger partial charge < -0.3 is 10.8 Å². The molecule has 0 radical (unpaired) electrons. The fraction of sp³-hybridized carbons (Fsp3) is 0.0667. The highest BCUT2D eigenvalue weighted by Gasteiger charge is 2.15. The minimum absolute atomic E-state index is 0.0353. The summed E-state index contributed by atoms with van der Waals surface area (Å²) in [6.45, 7) is 8.79. The molecule has 3 aromatic rings. The van der Waals surface area contributed by atoms with E-state index in [1.807, 2.05) is 0 Å². The van der Waals surface area contributed by atoms with Gasteiger partial charge in [0, 0.05) is 11.6 Å². The quantitative estimate of drug-likeness (QED) is 0.401. The average Bonchev–Trinajstić information content (AvgIpc) is 2.98. The van der Waals surface area contributed by atoms with Gasteiger partial charge in [-0.3, -0.25) is 9.78 Å². The second-order valence-corrected chi connectivity index (χ2v) is 6.09. The van der Waals surface area contributed by atoms with Gasteiger partial charge in [-0.2, -0.15) is 0 Å². The van der Waals surface area contributed by atoms with Crippen molar-refractivity contribution in [3.05, 3.63) is 46.0 Å². The van der Waals surface area contributed by atoms with E-state index in [9.17, 15) is 9.90 Å². The summed E-state index contributed by atoms with van der Waals surface area (Å²) in [4.78, 5) is 18.7. The number of carbonyl (C=O) groups excluding carboxylic acids is 1. The van der Waals surface area contributed by atoms with Crippen LogP contribution < -0.4 is 5.73 Å². The number of amides is 1. The highest BCUT2D eigenvalue weighted by molar-refractivity contribution is 7.11. The molecule has 0 bridgehead atoms. The van der Waals surface area contributed by atoms with E-state index in [0.717, 1.165) is 11.5 Å². The number of hydrogen-bond acceptors (Lipinski definition) is 7. The number of rotatable bonds is 3. The smallest absolute Gasteiger partial charge is 0.252 e. The van der Waals surface area contributed by atoms with Crippen molar-refractivity contribution in [1.82, 2.24) is 9.36 Å². The van der Waals surface area contributed by atoms with Crippen molar-refractivity contribution >= 4 is 56.3 Å². The third-order valence-corrected chi connectivity index (χ3v) is 4.38. The molecule has 2 heterocycles. The van der Waals surface area contributed by atoms with Gasteiger partial charge in [0.2, 0.25) is 5.69 Å². The lowest BCUT2D eigenvalue weighted by molar-refractivity contribution is 0.0997. The molecule has 0 saturated heterocycles. The number of benzene rings is 1. The third-order valence-electron chi connectivity index (χ3n) is 3.35. The van der Waals surface area contributed by atoms with Crippen molar-refractivity contribution in [2.24, 2.45) is 16.0 Å². The van der Waals surface area contributed by atoms with Crippen molar-refractivity contribution in [2.45, 2.75) is 6.92 Å². The van der Waals surface area contributed by atoms with E-state index < -0.39 is 5.91 Å². The Morgan fingerprint density at radius 3 is 2.88 bits per heavy atom. The number of pyridine rings is 1. The zero-order valence-corrected chi connectivity index (χ0v) is 14.3. The number of nitrogens with zero attached hydrogens (tertiary/aromatic N) is 5. The van der Waals surface area contributed by atoms with E-state index in [-0.39, 0.29) is 22.2 Å². The van der Waals surface area contributed by atoms with Crippen LogP contribution in [0.3, 0.4) is 0 Å². The molecule has 3 N–H and O–H groups in total. The van der Waals surface area contributed by atoms with E-state index in [0.29, 0.717) is 27.2 Å². The van der Waals surface area contributed by atoms with Gasteiger partial charge in [0.15, 0.2) is 5.00 Å². The van der Waals surface area contributed by atoms with Gasteiger partial charge in [0.1, 0.15) is 10.9 Å². The van der Waals surface area contributed by atoms with Crippen LogP contribution in [0.1, 0.15) is 15.9 Å². The number of aryl methyl sites for hydroxylation is 1. The number of carbonyl (C=O) groups is 1. The first-order valence-corrected chi connectivity index (χ1v) is 7.94. The molecule has 0 spiro atoms. The molecule has 0 aliphatic carbocycles. The topological polar surface area (TPSA) is 118 Å². The van der Waals surface area contributed by atoms with Gasteiger partial charge in [-0.05, 0) is 36.2 Å². The first-order chi connectivity index (χ1) is 11.9. The number of phenols is 1. The van der Waals surface area contributed by atoms with E-state index >= 15 is 0 Å². The Morgan fingerprint density at radius 2 is 2.20 bits per heavy atom. The van der Waals surface area contributed by atoms with Gasteiger partial charge >= 0.3 is 0 Å². The van der Waals surface area contributed by atoms with Crippen LogP contribution in [0, 0.1) is 13.5 Å². The van der Waals surface area contributed by atoms with Crippen LogP contribution >= 0.6 is 23.1 Å². The highest BCUT2D eigenvalue weighted by atomic mass is 35.5. The molecule has 0 aliphatic rings. The Kier molecular flexibility index (Phi) is 4.31. The van der Waals surface area contributed by atoms with E-state index in [1.54, 1.807) is 13.0 Å². The second-order valence-electron chi connectivity index (χ2n) is 4.98. The van der Waals surface area contributed by atoms with Crippen LogP contribution in [-0.2, 0) is 0 Å². The number of primary amides is 1. The van der Waals surface area contributed by atoms with Crippen molar-refractivity contribution in [2.75, 3.05) is 0 Å². The zero-order chi connectivity index (χ0) is 18.1. The highest BCUT2D eigenvalue weighted by Crippen LogP contribution is 2.39. The van der Waals surface area contributed by atoms with Crippen molar-refractivity contribution < 1.29 is 9.90 Å². The van der Waals surface area contributed by atoms with E-state index in [2.05, 4.69) is 24.4 Å². The van der Waals surface area contributed by atoms with Crippen LogP contribution in [0.2, 0.25) is 5.15 Å². The minimum Gasteiger partial charge on any atom is -0.507 e. The predicted molar refractivity (Wildman–Crippen MR) is 94.2 cm³/mol. The van der Waals surface area contributed by atoms with Crippen LogP contribution in [-0.4, -0.2) is 20.4 Å². The second kappa shape index (κ2) is 6.43. The maximum atomic E-state index is 11.4. The molecule has 0 aliphatic heterocycles. The first-order valence-electron chi connectivity index (χ1n) is 6.79. The SMILES string of the molecule is [C-]#[N+]c1c(Cl)ncc2c(/N=N/c3cc(C)c(O)c(C(N)=O)c3)snc12. The molecule has 3 rings (SSSR count). The number of nitrogens with two attached hydrogens (primary N) is 1. The molecule has 8 nitrogen and oxygen atoms in total. The lowest BCUT2D eigenvalue weighted by Gasteiger charge is -2.04. The molecular weight excluding hydrogens is 364 g/mol. The minimum atomic E-state index is -0.763. The van der Waals surface area contributed by atoms with Crippen LogP contribution in [0.4, 0.5) is 16.4 Å². The van der Waals surface area contributed by atoms with Crippen LogP contribution in [0.5, 0.6) is 5.75 Å². The summed E-state index contributed by atoms with van der Waals surface area (Å²) < 4.78 is 4.18. The Bertz CT molecular complexity index is 1090. The lowest BCUT2D eigenvalue weighted by atomic mass is 10.1. The Morgan fingerprint density at radius 1 is 1.44 bits per heavy atom. The number of fused-ring (bicyclic) bond motifs is 1. The predicted octanol–water partition coefficient (Wildman–Crippen LogP) is 4.42. The fourth-order valence-corrected chi connectivity index (χ4v) is 3.00. The maximum Gasteiger partial charge on any atom is 0.252 e. The van der Waals surface area contributed by atoms with Gasteiger partial charge in [0.05, 0.1) is 23.3 Å². The summed E-state index contributed by atoms with van der Waals surface area (Å²) in [5.41, 5.74) is 6.56. The first kappa shape index (κ1) is 16.8. The standard InChI is InChI=1S/C15H9ClN6O2S/c1-6-3-7(4-8(12(6)23)14(17)24)20-21-15-9-5-19-13(16)11(18-2)10(9)22-25-15/h3-5,23H,1H3,(H2,17,24)/b21-20+. The summed E-state index contributed by atoms with van der Waals surface area (Å²) in [5, 5.41) is 19.1. The molecule has 25 heavy (non-hydrogen) atoms. The largest absolute Gasteiger partial charge is 0.507 e. The summed E-state index contributed by atoms with van der Waals surface area (Å²) in [6.07, 6.45) is 1.47. The summed E-state index contributed by atoms with van der Waals surface area (Å²) in [6, 6.07) is 2.91. The van der Waals surface area contributed by atoms with Crippen LogP contribution in [0.25, 0.3) is 15.7 Å². The molecule has 0 saturated carbocycles. The number of azo groups is 1. The molecule has 10 heteroatoms. The van der Waals surface area contributed by atoms with Gasteiger partial charge in [-0.25, -0.2) is 9.22 Å². The molecule has 0 unspecified atom stereocenters. The molecule has 2 aromatic heterocycles. The number of halogens is 1. The molecule has 0 atom stereocenters. The summed E-state index contributed by atoms with van der Waals surface area (Å²) in [5.74, 6) is -0.948. The summed E-state index contributed by atoms with van der Waals surface area (Å²) in [7, 11) is 0. The van der Waals surface area contributed by atoms with Crippen molar-refractivity contribution in [1.29, 1.82) is 0 Å². The van der Waals surface area contributed by atoms with E-state index in [1.165, 1.54) is 12.3 Å². The number of aromatic nitrogens is 2. The summed E-state index contributed by atoms with van der Waals surface area (Å²) >= 11 is 6.93. The number of hydrogen-bond donors (Lipinski definition) is 2. The monoisotopic (exact) mass is 372 g/mol. The van der Waals surface area contributed by atoms with Crippen molar-refractivity contribution in [3.63, 3.8) is 0 Å². The van der Waals surface area contributed by atoms with E-state index in [4.69, 9.17) is 23.9 Å². The molecule has 124 valence electrons. The number of aromatic hydroxyl groups is 1. The molecule has 1 amide bonds. The van der Waals surface area contributed by atoms with Crippen LogP contribution in [0.15, 0.2) is 28.6 Å². The Hall–Kier alpha value is -3.09. The molecular formula is C15H9ClN6O2S. The Labute approximate surface area is 150 Å². The molecule has 0 fully saturated rings. The average molecular weight is 373 g/mol. The zero-order valence-electron chi connectivity index (χ0n) is 12.7. The van der Waals surface area contributed by atoms with Gasteiger partial charge in [-0.1, -0.05) is 11.6 Å². The molecule has 1 aromatic carbocycles. The van der Waals surface area contributed by atoms with Gasteiger partial charge in [-0.15, -0.1) is 10.2 Å².